The Morgan fingerprint density at radius 1 is 1.30 bits per heavy atom. The van der Waals surface area contributed by atoms with E-state index < -0.39 is 12.0 Å². The van der Waals surface area contributed by atoms with Crippen LogP contribution in [0.2, 0.25) is 0 Å². The van der Waals surface area contributed by atoms with Crippen LogP contribution < -0.4 is 14.9 Å². The van der Waals surface area contributed by atoms with Crippen molar-refractivity contribution in [3.63, 3.8) is 0 Å². The smallest absolute Gasteiger partial charge is 0.246 e. The van der Waals surface area contributed by atoms with Crippen LogP contribution in [0.4, 0.5) is 0 Å². The first-order valence-electron chi connectivity index (χ1n) is 10.8. The van der Waals surface area contributed by atoms with Crippen molar-refractivity contribution in [1.82, 2.24) is 15.4 Å². The quantitative estimate of drug-likeness (QED) is 0.451. The Balaban J connectivity index is 1.77. The number of fused-ring (bicyclic) bond motifs is 1. The average Bonchev–Trinajstić information content (AvgIpc) is 3.39. The number of nitrogens with one attached hydrogen (secondary N) is 2. The number of ether oxygens (including phenoxy) is 2. The van der Waals surface area contributed by atoms with E-state index in [9.17, 15) is 10.1 Å². The van der Waals surface area contributed by atoms with E-state index in [0.29, 0.717) is 28.7 Å². The fourth-order valence-electron chi connectivity index (χ4n) is 3.80. The summed E-state index contributed by atoms with van der Waals surface area (Å²) in [7, 11) is 1.57. The van der Waals surface area contributed by atoms with Gasteiger partial charge in [-0.2, -0.15) is 5.26 Å². The lowest BCUT2D eigenvalue weighted by atomic mass is 9.93. The first-order valence-corrected chi connectivity index (χ1v) is 11.6. The number of hydrogen-bond donors (Lipinski definition) is 2. The van der Waals surface area contributed by atoms with Crippen molar-refractivity contribution in [2.24, 2.45) is 0 Å². The normalized spacial score (nSPS) is 15.2. The number of carbonyl (C=O) groups is 1. The topological polar surface area (TPSA) is 111 Å². The molecule has 2 atom stereocenters. The summed E-state index contributed by atoms with van der Waals surface area (Å²) in [4.78, 5) is 16.8. The molecule has 1 fully saturated rings. The minimum atomic E-state index is -0.724. The van der Waals surface area contributed by atoms with Crippen LogP contribution in [0.1, 0.15) is 48.7 Å². The van der Waals surface area contributed by atoms with Gasteiger partial charge in [0.05, 0.1) is 42.5 Å². The van der Waals surface area contributed by atoms with Crippen LogP contribution >= 0.6 is 11.3 Å². The maximum atomic E-state index is 12.1. The molecule has 2 unspecified atom stereocenters. The molecule has 2 aromatic carbocycles. The molecule has 0 saturated carbocycles. The molecule has 4 rings (SSSR count). The Morgan fingerprint density at radius 2 is 2.12 bits per heavy atom. The van der Waals surface area contributed by atoms with Gasteiger partial charge in [0.25, 0.3) is 0 Å². The van der Waals surface area contributed by atoms with Gasteiger partial charge in [-0.1, -0.05) is 31.5 Å². The molecular weight excluding hydrogens is 438 g/mol. The van der Waals surface area contributed by atoms with Gasteiger partial charge in [0.15, 0.2) is 11.5 Å². The first kappa shape index (κ1) is 22.6. The minimum Gasteiger partial charge on any atom is -0.493 e. The number of aromatic nitrogens is 1. The number of nitrogens with zero attached hydrogens (tertiary/aromatic N) is 3. The summed E-state index contributed by atoms with van der Waals surface area (Å²) in [6.45, 7) is 2.67. The SMILES string of the molecule is CCCCOc1ccc(C(C(C#N)c2nc3ccccc3s2)N2NC(=O)CC2=N)cc1OC. The highest BCUT2D eigenvalue weighted by Crippen LogP contribution is 2.41. The molecule has 9 heteroatoms. The maximum absolute atomic E-state index is 12.1. The zero-order valence-corrected chi connectivity index (χ0v) is 19.3. The van der Waals surface area contributed by atoms with Crippen LogP contribution in [0.15, 0.2) is 42.5 Å². The Morgan fingerprint density at radius 3 is 2.79 bits per heavy atom. The number of amidine groups is 1. The average molecular weight is 464 g/mol. The summed E-state index contributed by atoms with van der Waals surface area (Å²) in [5.74, 6) is 0.248. The van der Waals surface area contributed by atoms with E-state index in [1.54, 1.807) is 13.2 Å². The summed E-state index contributed by atoms with van der Waals surface area (Å²) in [6, 6.07) is 14.9. The van der Waals surface area contributed by atoms with E-state index in [0.717, 1.165) is 23.1 Å². The lowest BCUT2D eigenvalue weighted by Gasteiger charge is -2.31. The number of para-hydroxylation sites is 1. The Bertz CT molecular complexity index is 1190. The number of amides is 1. The van der Waals surface area contributed by atoms with Gasteiger partial charge in [-0.25, -0.2) is 4.98 Å². The summed E-state index contributed by atoms with van der Waals surface area (Å²) < 4.78 is 12.4. The van der Waals surface area contributed by atoms with Crippen molar-refractivity contribution < 1.29 is 14.3 Å². The largest absolute Gasteiger partial charge is 0.493 e. The van der Waals surface area contributed by atoms with Gasteiger partial charge in [0.2, 0.25) is 5.91 Å². The molecule has 0 spiro atoms. The molecule has 1 aromatic heterocycles. The van der Waals surface area contributed by atoms with E-state index in [1.807, 2.05) is 36.4 Å². The number of rotatable bonds is 9. The molecule has 1 saturated heterocycles. The van der Waals surface area contributed by atoms with Crippen molar-refractivity contribution in [2.75, 3.05) is 13.7 Å². The predicted molar refractivity (Wildman–Crippen MR) is 126 cm³/mol. The van der Waals surface area contributed by atoms with Crippen molar-refractivity contribution in [3.05, 3.63) is 53.0 Å². The Kier molecular flexibility index (Phi) is 6.75. The third-order valence-corrected chi connectivity index (χ3v) is 6.58. The molecule has 0 radical (unpaired) electrons. The van der Waals surface area contributed by atoms with Gasteiger partial charge in [0, 0.05) is 0 Å². The zero-order chi connectivity index (χ0) is 23.4. The molecule has 1 amide bonds. The summed E-state index contributed by atoms with van der Waals surface area (Å²) >= 11 is 1.44. The van der Waals surface area contributed by atoms with E-state index >= 15 is 0 Å². The lowest BCUT2D eigenvalue weighted by Crippen LogP contribution is -2.41. The summed E-state index contributed by atoms with van der Waals surface area (Å²) in [6.07, 6.45) is 1.91. The molecule has 2 heterocycles. The molecule has 8 nitrogen and oxygen atoms in total. The standard InChI is InChI=1S/C24H25N5O3S/c1-3-4-11-32-18-10-9-15(12-19(18)31-2)23(29-21(26)13-22(30)28-29)16(14-25)24-27-17-7-5-6-8-20(17)33-24/h5-10,12,16,23,26H,3-4,11,13H2,1-2H3,(H,28,30). The van der Waals surface area contributed by atoms with Crippen molar-refractivity contribution >= 4 is 33.3 Å². The predicted octanol–water partition coefficient (Wildman–Crippen LogP) is 4.55. The molecule has 1 aliphatic heterocycles. The number of benzene rings is 2. The summed E-state index contributed by atoms with van der Waals surface area (Å²) in [5.41, 5.74) is 4.27. The lowest BCUT2D eigenvalue weighted by molar-refractivity contribution is -0.121. The molecule has 1 aliphatic rings. The van der Waals surface area contributed by atoms with E-state index in [1.165, 1.54) is 16.3 Å². The molecule has 0 aliphatic carbocycles. The number of methoxy groups -OCH3 is 1. The van der Waals surface area contributed by atoms with Gasteiger partial charge in [-0.3, -0.25) is 20.6 Å². The molecule has 3 aromatic rings. The van der Waals surface area contributed by atoms with Crippen LogP contribution in [0.5, 0.6) is 11.5 Å². The number of unbranched alkanes of at least 4 members (excludes halogenated alkanes) is 1. The van der Waals surface area contributed by atoms with Gasteiger partial charge >= 0.3 is 0 Å². The van der Waals surface area contributed by atoms with Gasteiger partial charge in [-0.15, -0.1) is 11.3 Å². The Labute approximate surface area is 196 Å². The highest BCUT2D eigenvalue weighted by molar-refractivity contribution is 7.18. The monoisotopic (exact) mass is 463 g/mol. The summed E-state index contributed by atoms with van der Waals surface area (Å²) in [5, 5.41) is 20.7. The van der Waals surface area contributed by atoms with Crippen LogP contribution in [-0.2, 0) is 4.79 Å². The third kappa shape index (κ3) is 4.61. The molecular formula is C24H25N5O3S. The van der Waals surface area contributed by atoms with E-state index in [2.05, 4.69) is 23.4 Å². The second kappa shape index (κ2) is 9.88. The van der Waals surface area contributed by atoms with Crippen LogP contribution in [-0.4, -0.2) is 35.5 Å². The van der Waals surface area contributed by atoms with Gasteiger partial charge in [-0.05, 0) is 36.2 Å². The highest BCUT2D eigenvalue weighted by atomic mass is 32.1. The van der Waals surface area contributed by atoms with E-state index in [-0.39, 0.29) is 18.2 Å². The second-order valence-electron chi connectivity index (χ2n) is 7.71. The molecule has 0 bridgehead atoms. The molecule has 2 N–H and O–H groups in total. The second-order valence-corrected chi connectivity index (χ2v) is 8.77. The van der Waals surface area contributed by atoms with Crippen LogP contribution in [0.25, 0.3) is 10.2 Å². The fraction of sp³-hybridized carbons (Fsp3) is 0.333. The molecule has 33 heavy (non-hydrogen) atoms. The third-order valence-electron chi connectivity index (χ3n) is 5.46. The number of nitriles is 1. The van der Waals surface area contributed by atoms with Crippen molar-refractivity contribution in [3.8, 4) is 17.6 Å². The fourth-order valence-corrected chi connectivity index (χ4v) is 4.85. The van der Waals surface area contributed by atoms with Crippen molar-refractivity contribution in [1.29, 1.82) is 10.7 Å². The number of carbonyl (C=O) groups excluding carboxylic acids is 1. The molecule has 170 valence electrons. The van der Waals surface area contributed by atoms with Crippen molar-refractivity contribution in [2.45, 2.75) is 38.1 Å². The highest BCUT2D eigenvalue weighted by Gasteiger charge is 2.39. The van der Waals surface area contributed by atoms with Gasteiger partial charge < -0.3 is 9.47 Å². The van der Waals surface area contributed by atoms with Gasteiger partial charge in [0.1, 0.15) is 16.8 Å². The number of thiazole rings is 1. The first-order chi connectivity index (χ1) is 16.0. The number of hydrazine groups is 1. The van der Waals surface area contributed by atoms with Crippen LogP contribution in [0, 0.1) is 16.7 Å². The number of hydrogen-bond acceptors (Lipinski definition) is 7. The van der Waals surface area contributed by atoms with E-state index in [4.69, 9.17) is 14.9 Å². The maximum Gasteiger partial charge on any atom is 0.246 e. The Hall–Kier alpha value is -3.64. The van der Waals surface area contributed by atoms with Crippen LogP contribution in [0.3, 0.4) is 0 Å². The minimum absolute atomic E-state index is 0.0379. The zero-order valence-electron chi connectivity index (χ0n) is 18.5.